The molecule has 7 heteroatoms. The van der Waals surface area contributed by atoms with E-state index >= 15 is 0 Å². The highest BCUT2D eigenvalue weighted by atomic mass is 35.5. The van der Waals surface area contributed by atoms with E-state index in [-0.39, 0.29) is 10.7 Å². The fourth-order valence-corrected chi connectivity index (χ4v) is 1.39. The van der Waals surface area contributed by atoms with Gasteiger partial charge in [-0.3, -0.25) is 4.79 Å². The summed E-state index contributed by atoms with van der Waals surface area (Å²) in [5.41, 5.74) is -0.221. The third-order valence-electron chi connectivity index (χ3n) is 2.14. The van der Waals surface area contributed by atoms with Crippen LogP contribution in [0.2, 0.25) is 5.15 Å². The summed E-state index contributed by atoms with van der Waals surface area (Å²) in [6, 6.07) is 1.09. The summed E-state index contributed by atoms with van der Waals surface area (Å²) >= 11 is 5.54. The van der Waals surface area contributed by atoms with Crippen molar-refractivity contribution in [3.05, 3.63) is 28.8 Å². The van der Waals surface area contributed by atoms with Crippen molar-refractivity contribution >= 4 is 17.6 Å². The van der Waals surface area contributed by atoms with Gasteiger partial charge in [0.25, 0.3) is 0 Å². The van der Waals surface area contributed by atoms with Gasteiger partial charge >= 0.3 is 5.97 Å². The molecule has 1 aromatic heterocycles. The molecule has 0 amide bonds. The van der Waals surface area contributed by atoms with Crippen LogP contribution in [0.3, 0.4) is 0 Å². The quantitative estimate of drug-likeness (QED) is 0.621. The van der Waals surface area contributed by atoms with E-state index in [1.807, 2.05) is 0 Å². The molecule has 2 atom stereocenters. The normalized spacial score (nSPS) is 14.2. The first kappa shape index (κ1) is 13.8. The van der Waals surface area contributed by atoms with Crippen LogP contribution in [0.5, 0.6) is 0 Å². The molecule has 1 aromatic rings. The van der Waals surface area contributed by atoms with Crippen molar-refractivity contribution in [3.8, 4) is 0 Å². The monoisotopic (exact) mass is 263 g/mol. The molecule has 0 fully saturated rings. The summed E-state index contributed by atoms with van der Waals surface area (Å²) in [6.07, 6.45) is -2.67. The number of ether oxygens (including phenoxy) is 1. The molecule has 0 aliphatic heterocycles. The summed E-state index contributed by atoms with van der Waals surface area (Å²) in [5, 5.41) is 19.1. The lowest BCUT2D eigenvalue weighted by Crippen LogP contribution is -2.23. The Labute approximate surface area is 102 Å². The van der Waals surface area contributed by atoms with Crippen LogP contribution >= 0.6 is 11.6 Å². The molecule has 0 aromatic carbocycles. The topological polar surface area (TPSA) is 79.7 Å². The number of aliphatic hydroxyl groups excluding tert-OH is 2. The van der Waals surface area contributed by atoms with Crippen LogP contribution in [0.25, 0.3) is 0 Å². The number of pyridine rings is 1. The summed E-state index contributed by atoms with van der Waals surface area (Å²) in [5.74, 6) is -1.53. The summed E-state index contributed by atoms with van der Waals surface area (Å²) in [4.78, 5) is 14.3. The fourth-order valence-electron chi connectivity index (χ4n) is 1.23. The predicted molar refractivity (Wildman–Crippen MR) is 56.8 cm³/mol. The van der Waals surface area contributed by atoms with Crippen LogP contribution in [0.4, 0.5) is 4.39 Å². The summed E-state index contributed by atoms with van der Waals surface area (Å²) < 4.78 is 17.6. The fraction of sp³-hybridized carbons (Fsp3) is 0.400. The second-order valence-corrected chi connectivity index (χ2v) is 3.71. The number of methoxy groups -OCH3 is 1. The van der Waals surface area contributed by atoms with E-state index in [2.05, 4.69) is 9.72 Å². The van der Waals surface area contributed by atoms with Gasteiger partial charge in [-0.05, 0) is 6.07 Å². The zero-order valence-electron chi connectivity index (χ0n) is 8.93. The van der Waals surface area contributed by atoms with Crippen LogP contribution in [0.1, 0.15) is 18.1 Å². The minimum atomic E-state index is -1.57. The Morgan fingerprint density at radius 2 is 2.29 bits per heavy atom. The first-order chi connectivity index (χ1) is 7.95. The number of hydrogen-bond donors (Lipinski definition) is 2. The molecule has 1 heterocycles. The molecule has 0 aliphatic carbocycles. The van der Waals surface area contributed by atoms with Crippen molar-refractivity contribution < 1.29 is 24.1 Å². The Hall–Kier alpha value is -1.24. The molecule has 94 valence electrons. The van der Waals surface area contributed by atoms with Crippen LogP contribution in [-0.2, 0) is 9.53 Å². The first-order valence-corrected chi connectivity index (χ1v) is 5.07. The van der Waals surface area contributed by atoms with Crippen LogP contribution in [-0.4, -0.2) is 34.4 Å². The lowest BCUT2D eigenvalue weighted by Gasteiger charge is -2.17. The molecule has 1 rings (SSSR count). The smallest absolute Gasteiger partial charge is 0.308 e. The maximum absolute atomic E-state index is 13.3. The number of carbonyl (C=O) groups is 1. The largest absolute Gasteiger partial charge is 0.469 e. The van der Waals surface area contributed by atoms with Crippen LogP contribution in [0.15, 0.2) is 12.3 Å². The number of carbonyl (C=O) groups excluding carboxylic acids is 1. The molecule has 0 spiro atoms. The lowest BCUT2D eigenvalue weighted by atomic mass is 10.0. The van der Waals surface area contributed by atoms with Gasteiger partial charge in [0.2, 0.25) is 0 Å². The minimum absolute atomic E-state index is 0.0225. The van der Waals surface area contributed by atoms with Gasteiger partial charge in [-0.25, -0.2) is 9.37 Å². The van der Waals surface area contributed by atoms with Crippen LogP contribution < -0.4 is 0 Å². The molecule has 2 N–H and O–H groups in total. The van der Waals surface area contributed by atoms with Gasteiger partial charge in [-0.15, -0.1) is 0 Å². The SMILES string of the molecule is COC(=O)CC(O)C(O)c1cc(Cl)ncc1F. The Balaban J connectivity index is 2.84. The second-order valence-electron chi connectivity index (χ2n) is 3.32. The van der Waals surface area contributed by atoms with Gasteiger partial charge in [0.1, 0.15) is 17.1 Å². The molecule has 0 radical (unpaired) electrons. The van der Waals surface area contributed by atoms with Gasteiger partial charge in [0.05, 0.1) is 25.8 Å². The van der Waals surface area contributed by atoms with Gasteiger partial charge < -0.3 is 14.9 Å². The molecule has 5 nitrogen and oxygen atoms in total. The number of halogens is 2. The highest BCUT2D eigenvalue weighted by Gasteiger charge is 2.24. The van der Waals surface area contributed by atoms with E-state index in [0.29, 0.717) is 0 Å². The zero-order chi connectivity index (χ0) is 13.0. The Morgan fingerprint density at radius 1 is 1.65 bits per heavy atom. The van der Waals surface area contributed by atoms with E-state index in [1.165, 1.54) is 0 Å². The van der Waals surface area contributed by atoms with Crippen molar-refractivity contribution in [2.75, 3.05) is 7.11 Å². The Morgan fingerprint density at radius 3 is 2.88 bits per heavy atom. The molecule has 0 saturated heterocycles. The van der Waals surface area contributed by atoms with E-state index < -0.39 is 30.4 Å². The van der Waals surface area contributed by atoms with Gasteiger partial charge in [0.15, 0.2) is 0 Å². The zero-order valence-corrected chi connectivity index (χ0v) is 9.69. The molecule has 2 unspecified atom stereocenters. The van der Waals surface area contributed by atoms with Gasteiger partial charge in [-0.1, -0.05) is 11.6 Å². The van der Waals surface area contributed by atoms with E-state index in [4.69, 9.17) is 11.6 Å². The number of aliphatic hydroxyl groups is 2. The molecular formula is C10H11ClFNO4. The number of hydrogen-bond acceptors (Lipinski definition) is 5. The molecular weight excluding hydrogens is 253 g/mol. The van der Waals surface area contributed by atoms with Gasteiger partial charge in [-0.2, -0.15) is 0 Å². The average Bonchev–Trinajstić information content (AvgIpc) is 2.31. The predicted octanol–water partition coefficient (Wildman–Crippen LogP) is 0.831. The highest BCUT2D eigenvalue weighted by Crippen LogP contribution is 2.23. The Bertz CT molecular complexity index is 415. The molecule has 17 heavy (non-hydrogen) atoms. The molecule has 0 aliphatic rings. The van der Waals surface area contributed by atoms with Crippen LogP contribution in [0, 0.1) is 5.82 Å². The van der Waals surface area contributed by atoms with Crippen molar-refractivity contribution in [1.82, 2.24) is 4.98 Å². The highest BCUT2D eigenvalue weighted by molar-refractivity contribution is 6.29. The standard InChI is InChI=1S/C10H11ClFNO4/c1-17-9(15)3-7(14)10(16)5-2-8(11)13-4-6(5)12/h2,4,7,10,14,16H,3H2,1H3. The molecule has 0 saturated carbocycles. The van der Waals surface area contributed by atoms with E-state index in [0.717, 1.165) is 19.4 Å². The van der Waals surface area contributed by atoms with E-state index in [1.54, 1.807) is 0 Å². The number of aromatic nitrogens is 1. The maximum Gasteiger partial charge on any atom is 0.308 e. The first-order valence-electron chi connectivity index (χ1n) is 4.69. The van der Waals surface area contributed by atoms with Crippen molar-refractivity contribution in [3.63, 3.8) is 0 Å². The second kappa shape index (κ2) is 5.90. The number of rotatable bonds is 4. The summed E-state index contributed by atoms with van der Waals surface area (Å²) in [7, 11) is 1.14. The molecule has 0 bridgehead atoms. The maximum atomic E-state index is 13.3. The van der Waals surface area contributed by atoms with Crippen molar-refractivity contribution in [2.45, 2.75) is 18.6 Å². The van der Waals surface area contributed by atoms with E-state index in [9.17, 15) is 19.4 Å². The lowest BCUT2D eigenvalue weighted by molar-refractivity contribution is -0.144. The Kier molecular flexibility index (Phi) is 4.80. The minimum Gasteiger partial charge on any atom is -0.469 e. The third-order valence-corrected chi connectivity index (χ3v) is 2.34. The third kappa shape index (κ3) is 3.62. The van der Waals surface area contributed by atoms with Crippen molar-refractivity contribution in [2.24, 2.45) is 0 Å². The van der Waals surface area contributed by atoms with Gasteiger partial charge in [0, 0.05) is 5.56 Å². The average molecular weight is 264 g/mol. The number of esters is 1. The summed E-state index contributed by atoms with van der Waals surface area (Å²) in [6.45, 7) is 0. The number of nitrogens with zero attached hydrogens (tertiary/aromatic N) is 1. The van der Waals surface area contributed by atoms with Crippen molar-refractivity contribution in [1.29, 1.82) is 0 Å².